The third-order valence-electron chi connectivity index (χ3n) is 2.98. The Morgan fingerprint density at radius 1 is 1.10 bits per heavy atom. The molecule has 0 aliphatic carbocycles. The summed E-state index contributed by atoms with van der Waals surface area (Å²) in [6.07, 6.45) is 0. The summed E-state index contributed by atoms with van der Waals surface area (Å²) in [7, 11) is 0. The van der Waals surface area contributed by atoms with Gasteiger partial charge in [-0.25, -0.2) is 0 Å². The van der Waals surface area contributed by atoms with Gasteiger partial charge in [0.1, 0.15) is 4.99 Å². The highest BCUT2D eigenvalue weighted by atomic mass is 79.9. The molecular formula is C15H11BrN2S2. The second-order valence-electron chi connectivity index (χ2n) is 4.36. The van der Waals surface area contributed by atoms with E-state index in [-0.39, 0.29) is 0 Å². The Balaban J connectivity index is 1.90. The van der Waals surface area contributed by atoms with Crippen LogP contribution in [0.4, 0.5) is 11.4 Å². The van der Waals surface area contributed by atoms with Crippen LogP contribution in [-0.2, 0) is 0 Å². The first-order chi connectivity index (χ1) is 9.63. The SMILES string of the molecule is NC(=S)c1ccc(Nc2ccc3sccc3c2)cc1Br. The van der Waals surface area contributed by atoms with Crippen molar-refractivity contribution in [3.63, 3.8) is 0 Å². The number of rotatable bonds is 3. The molecule has 3 aromatic rings. The largest absolute Gasteiger partial charge is 0.389 e. The van der Waals surface area contributed by atoms with Gasteiger partial charge < -0.3 is 11.1 Å². The highest BCUT2D eigenvalue weighted by Gasteiger charge is 2.04. The Hall–Kier alpha value is -1.43. The maximum atomic E-state index is 5.65. The van der Waals surface area contributed by atoms with E-state index in [0.717, 1.165) is 21.4 Å². The van der Waals surface area contributed by atoms with Crippen LogP contribution < -0.4 is 11.1 Å². The molecule has 0 radical (unpaired) electrons. The average Bonchev–Trinajstić information content (AvgIpc) is 2.85. The van der Waals surface area contributed by atoms with E-state index in [4.69, 9.17) is 18.0 Å². The minimum atomic E-state index is 0.392. The summed E-state index contributed by atoms with van der Waals surface area (Å²) < 4.78 is 2.19. The molecule has 20 heavy (non-hydrogen) atoms. The van der Waals surface area contributed by atoms with Gasteiger partial charge in [0.05, 0.1) is 0 Å². The van der Waals surface area contributed by atoms with Crippen molar-refractivity contribution in [3.8, 4) is 0 Å². The van der Waals surface area contributed by atoms with Crippen LogP contribution >= 0.6 is 39.5 Å². The molecule has 0 saturated carbocycles. The number of thiocarbonyl (C=S) groups is 1. The van der Waals surface area contributed by atoms with Crippen LogP contribution in [0.25, 0.3) is 10.1 Å². The summed E-state index contributed by atoms with van der Waals surface area (Å²) in [6, 6.07) is 14.3. The van der Waals surface area contributed by atoms with E-state index in [1.54, 1.807) is 11.3 Å². The molecule has 0 spiro atoms. The van der Waals surface area contributed by atoms with E-state index in [9.17, 15) is 0 Å². The number of nitrogens with one attached hydrogen (secondary N) is 1. The van der Waals surface area contributed by atoms with Crippen LogP contribution in [0, 0.1) is 0 Å². The summed E-state index contributed by atoms with van der Waals surface area (Å²) in [4.78, 5) is 0.392. The highest BCUT2D eigenvalue weighted by molar-refractivity contribution is 9.10. The summed E-state index contributed by atoms with van der Waals surface area (Å²) in [5.74, 6) is 0. The standard InChI is InChI=1S/C15H11BrN2S2/c16-13-8-11(1-3-12(13)15(17)19)18-10-2-4-14-9(7-10)5-6-20-14/h1-8,18H,(H2,17,19). The second-order valence-corrected chi connectivity index (χ2v) is 6.60. The van der Waals surface area contributed by atoms with Crippen molar-refractivity contribution in [1.29, 1.82) is 0 Å². The Morgan fingerprint density at radius 3 is 2.60 bits per heavy atom. The number of thiophene rings is 1. The van der Waals surface area contributed by atoms with Gasteiger partial charge in [-0.1, -0.05) is 12.2 Å². The fourth-order valence-electron chi connectivity index (χ4n) is 2.00. The minimum Gasteiger partial charge on any atom is -0.389 e. The number of benzene rings is 2. The third-order valence-corrected chi connectivity index (χ3v) is 4.75. The van der Waals surface area contributed by atoms with Gasteiger partial charge in [0.15, 0.2) is 0 Å². The minimum absolute atomic E-state index is 0.392. The topological polar surface area (TPSA) is 38.0 Å². The number of fused-ring (bicyclic) bond motifs is 1. The molecule has 0 amide bonds. The first kappa shape index (κ1) is 13.5. The summed E-state index contributed by atoms with van der Waals surface area (Å²) in [5, 5.41) is 6.73. The van der Waals surface area contributed by atoms with Crippen LogP contribution in [0.2, 0.25) is 0 Å². The molecule has 100 valence electrons. The average molecular weight is 363 g/mol. The molecule has 2 aromatic carbocycles. The maximum absolute atomic E-state index is 5.65. The van der Waals surface area contributed by atoms with Crippen LogP contribution in [0.1, 0.15) is 5.56 Å². The molecule has 0 unspecified atom stereocenters. The van der Waals surface area contributed by atoms with Crippen LogP contribution in [0.3, 0.4) is 0 Å². The number of halogens is 1. The molecule has 0 bridgehead atoms. The molecule has 3 N–H and O–H groups in total. The van der Waals surface area contributed by atoms with Crippen molar-refractivity contribution >= 4 is 65.9 Å². The lowest BCUT2D eigenvalue weighted by Crippen LogP contribution is -2.10. The van der Waals surface area contributed by atoms with Crippen molar-refractivity contribution in [2.75, 3.05) is 5.32 Å². The summed E-state index contributed by atoms with van der Waals surface area (Å²) in [6.45, 7) is 0. The lowest BCUT2D eigenvalue weighted by atomic mass is 10.2. The normalized spacial score (nSPS) is 10.7. The Morgan fingerprint density at radius 2 is 1.85 bits per heavy atom. The molecule has 0 fully saturated rings. The molecule has 0 aliphatic heterocycles. The van der Waals surface area contributed by atoms with E-state index in [1.165, 1.54) is 10.1 Å². The maximum Gasteiger partial charge on any atom is 0.105 e. The fourth-order valence-corrected chi connectivity index (χ4v) is 3.68. The third kappa shape index (κ3) is 2.70. The molecule has 1 heterocycles. The molecule has 5 heteroatoms. The highest BCUT2D eigenvalue weighted by Crippen LogP contribution is 2.28. The fraction of sp³-hybridized carbons (Fsp3) is 0. The van der Waals surface area contributed by atoms with Gasteiger partial charge in [0.2, 0.25) is 0 Å². The number of hydrogen-bond donors (Lipinski definition) is 2. The Kier molecular flexibility index (Phi) is 3.74. The molecule has 0 saturated heterocycles. The van der Waals surface area contributed by atoms with E-state index in [1.807, 2.05) is 18.2 Å². The molecular weight excluding hydrogens is 352 g/mol. The van der Waals surface area contributed by atoms with Crippen molar-refractivity contribution in [3.05, 3.63) is 57.9 Å². The van der Waals surface area contributed by atoms with E-state index in [2.05, 4.69) is 50.9 Å². The Labute approximate surface area is 134 Å². The predicted octanol–water partition coefficient (Wildman–Crippen LogP) is 5.04. The zero-order chi connectivity index (χ0) is 14.1. The van der Waals surface area contributed by atoms with Gasteiger partial charge in [-0.15, -0.1) is 11.3 Å². The lowest BCUT2D eigenvalue weighted by Gasteiger charge is -2.09. The van der Waals surface area contributed by atoms with Gasteiger partial charge in [0, 0.05) is 26.1 Å². The summed E-state index contributed by atoms with van der Waals surface area (Å²) in [5.41, 5.74) is 8.55. The molecule has 2 nitrogen and oxygen atoms in total. The van der Waals surface area contributed by atoms with E-state index in [0.29, 0.717) is 4.99 Å². The van der Waals surface area contributed by atoms with Gasteiger partial charge in [-0.3, -0.25) is 0 Å². The van der Waals surface area contributed by atoms with Crippen LogP contribution in [-0.4, -0.2) is 4.99 Å². The van der Waals surface area contributed by atoms with Crippen molar-refractivity contribution in [2.24, 2.45) is 5.73 Å². The van der Waals surface area contributed by atoms with Gasteiger partial charge in [-0.2, -0.15) is 0 Å². The van der Waals surface area contributed by atoms with Crippen LogP contribution in [0.15, 0.2) is 52.3 Å². The van der Waals surface area contributed by atoms with Crippen LogP contribution in [0.5, 0.6) is 0 Å². The monoisotopic (exact) mass is 362 g/mol. The van der Waals surface area contributed by atoms with Gasteiger partial charge >= 0.3 is 0 Å². The predicted molar refractivity (Wildman–Crippen MR) is 95.1 cm³/mol. The zero-order valence-electron chi connectivity index (χ0n) is 10.4. The first-order valence-corrected chi connectivity index (χ1v) is 8.05. The molecule has 0 atom stereocenters. The van der Waals surface area contributed by atoms with E-state index >= 15 is 0 Å². The molecule has 0 aliphatic rings. The molecule has 3 rings (SSSR count). The quantitative estimate of drug-likeness (QED) is 0.640. The van der Waals surface area contributed by atoms with Gasteiger partial charge in [-0.05, 0) is 69.2 Å². The van der Waals surface area contributed by atoms with Crippen molar-refractivity contribution < 1.29 is 0 Å². The van der Waals surface area contributed by atoms with E-state index < -0.39 is 0 Å². The van der Waals surface area contributed by atoms with Crippen molar-refractivity contribution in [2.45, 2.75) is 0 Å². The smallest absolute Gasteiger partial charge is 0.105 e. The zero-order valence-corrected chi connectivity index (χ0v) is 13.6. The number of hydrogen-bond acceptors (Lipinski definition) is 3. The Bertz CT molecular complexity index is 795. The number of anilines is 2. The first-order valence-electron chi connectivity index (χ1n) is 5.97. The van der Waals surface area contributed by atoms with Crippen molar-refractivity contribution in [1.82, 2.24) is 0 Å². The summed E-state index contributed by atoms with van der Waals surface area (Å²) >= 11 is 10.2. The van der Waals surface area contributed by atoms with Gasteiger partial charge in [0.25, 0.3) is 0 Å². The molecule has 1 aromatic heterocycles. The number of nitrogens with two attached hydrogens (primary N) is 1. The lowest BCUT2D eigenvalue weighted by molar-refractivity contribution is 1.52. The second kappa shape index (κ2) is 5.52.